The van der Waals surface area contributed by atoms with Gasteiger partial charge in [-0.05, 0) is 42.9 Å². The second-order valence-electron chi connectivity index (χ2n) is 6.38. The molecule has 4 heteroatoms. The number of nitrogens with zero attached hydrogens (tertiary/aromatic N) is 2. The van der Waals surface area contributed by atoms with Gasteiger partial charge in [0.25, 0.3) is 0 Å². The summed E-state index contributed by atoms with van der Waals surface area (Å²) in [5.41, 5.74) is 1.80. The molecule has 0 bridgehead atoms. The van der Waals surface area contributed by atoms with Crippen molar-refractivity contribution in [1.29, 1.82) is 0 Å². The topological polar surface area (TPSA) is 49.8 Å². The van der Waals surface area contributed by atoms with Gasteiger partial charge in [-0.2, -0.15) is 0 Å². The predicted octanol–water partition coefficient (Wildman–Crippen LogP) is 3.24. The van der Waals surface area contributed by atoms with Gasteiger partial charge in [0.15, 0.2) is 0 Å². The van der Waals surface area contributed by atoms with Gasteiger partial charge in [0.2, 0.25) is 0 Å². The number of anilines is 2. The monoisotopic (exact) mass is 260 g/mol. The number of aromatic nitrogens is 2. The van der Waals surface area contributed by atoms with Crippen LogP contribution in [0.1, 0.15) is 51.0 Å². The first-order chi connectivity index (χ1) is 9.16. The highest BCUT2D eigenvalue weighted by atomic mass is 15.1. The van der Waals surface area contributed by atoms with Crippen LogP contribution in [0.2, 0.25) is 0 Å². The molecule has 0 aromatic carbocycles. The second kappa shape index (κ2) is 4.66. The lowest BCUT2D eigenvalue weighted by Gasteiger charge is -2.20. The van der Waals surface area contributed by atoms with E-state index >= 15 is 0 Å². The van der Waals surface area contributed by atoms with Crippen molar-refractivity contribution >= 4 is 11.6 Å². The molecule has 3 rings (SSSR count). The summed E-state index contributed by atoms with van der Waals surface area (Å²) >= 11 is 0. The fourth-order valence-corrected chi connectivity index (χ4v) is 3.13. The van der Waals surface area contributed by atoms with E-state index in [1.54, 1.807) is 6.33 Å². The van der Waals surface area contributed by atoms with Crippen molar-refractivity contribution in [2.24, 2.45) is 11.3 Å². The molecule has 0 radical (unpaired) electrons. The lowest BCUT2D eigenvalue weighted by atomic mass is 10.00. The van der Waals surface area contributed by atoms with E-state index in [-0.39, 0.29) is 0 Å². The molecule has 2 fully saturated rings. The van der Waals surface area contributed by atoms with Gasteiger partial charge in [0.1, 0.15) is 18.0 Å². The van der Waals surface area contributed by atoms with Crippen LogP contribution in [0.5, 0.6) is 0 Å². The van der Waals surface area contributed by atoms with E-state index < -0.39 is 0 Å². The minimum Gasteiger partial charge on any atom is -0.373 e. The number of hydrogen-bond donors (Lipinski definition) is 2. The Morgan fingerprint density at radius 2 is 1.95 bits per heavy atom. The zero-order chi connectivity index (χ0) is 13.5. The zero-order valence-electron chi connectivity index (χ0n) is 12.2. The van der Waals surface area contributed by atoms with E-state index in [1.165, 1.54) is 31.2 Å². The Hall–Kier alpha value is -1.32. The number of rotatable bonds is 6. The molecule has 2 aliphatic carbocycles. The lowest BCUT2D eigenvalue weighted by Crippen LogP contribution is -2.19. The largest absolute Gasteiger partial charge is 0.373 e. The fourth-order valence-electron chi connectivity index (χ4n) is 3.13. The maximum Gasteiger partial charge on any atom is 0.135 e. The third kappa shape index (κ3) is 2.40. The molecule has 1 aromatic rings. The minimum absolute atomic E-state index is 0.419. The van der Waals surface area contributed by atoms with Crippen molar-refractivity contribution in [2.75, 3.05) is 24.2 Å². The quantitative estimate of drug-likeness (QED) is 0.824. The Balaban J connectivity index is 1.76. The van der Waals surface area contributed by atoms with Crippen LogP contribution in [0.25, 0.3) is 0 Å². The Morgan fingerprint density at radius 1 is 1.26 bits per heavy atom. The Bertz CT molecular complexity index is 461. The molecule has 1 heterocycles. The molecule has 0 spiro atoms. The zero-order valence-corrected chi connectivity index (χ0v) is 12.2. The summed E-state index contributed by atoms with van der Waals surface area (Å²) in [7, 11) is 1.92. The van der Waals surface area contributed by atoms with Gasteiger partial charge in [-0.3, -0.25) is 0 Å². The molecule has 0 saturated heterocycles. The Morgan fingerprint density at radius 3 is 2.47 bits per heavy atom. The van der Waals surface area contributed by atoms with Crippen molar-refractivity contribution in [3.63, 3.8) is 0 Å². The molecule has 0 unspecified atom stereocenters. The van der Waals surface area contributed by atoms with E-state index in [2.05, 4.69) is 34.4 Å². The molecule has 104 valence electrons. The maximum absolute atomic E-state index is 4.46. The second-order valence-corrected chi connectivity index (χ2v) is 6.38. The average molecular weight is 260 g/mol. The van der Waals surface area contributed by atoms with Crippen molar-refractivity contribution in [2.45, 2.75) is 45.4 Å². The first-order valence-corrected chi connectivity index (χ1v) is 7.43. The van der Waals surface area contributed by atoms with Crippen LogP contribution >= 0.6 is 0 Å². The molecule has 19 heavy (non-hydrogen) atoms. The van der Waals surface area contributed by atoms with Crippen molar-refractivity contribution < 1.29 is 0 Å². The van der Waals surface area contributed by atoms with E-state index in [0.29, 0.717) is 11.3 Å². The first kappa shape index (κ1) is 12.7. The highest BCUT2D eigenvalue weighted by Gasteiger charge is 2.53. The van der Waals surface area contributed by atoms with Crippen LogP contribution in [-0.2, 0) is 0 Å². The molecule has 0 aliphatic heterocycles. The van der Waals surface area contributed by atoms with Gasteiger partial charge in [0, 0.05) is 19.2 Å². The molecule has 4 nitrogen and oxygen atoms in total. The predicted molar refractivity (Wildman–Crippen MR) is 78.5 cm³/mol. The standard InChI is InChI=1S/C15H24N4/c1-10(2)12-13(16-3)18-9-19-14(12)17-8-15(6-7-15)11-4-5-11/h9-11H,4-8H2,1-3H3,(H2,16,17,18,19). The molecule has 1 aromatic heterocycles. The number of hydrogen-bond acceptors (Lipinski definition) is 4. The summed E-state index contributed by atoms with van der Waals surface area (Å²) in [5, 5.41) is 6.78. The highest BCUT2D eigenvalue weighted by Crippen LogP contribution is 2.61. The maximum atomic E-state index is 4.46. The van der Waals surface area contributed by atoms with Crippen LogP contribution in [0.4, 0.5) is 11.6 Å². The Labute approximate surface area is 115 Å². The van der Waals surface area contributed by atoms with Crippen LogP contribution in [0, 0.1) is 11.3 Å². The van der Waals surface area contributed by atoms with Gasteiger partial charge in [-0.25, -0.2) is 9.97 Å². The third-order valence-corrected chi connectivity index (χ3v) is 4.64. The van der Waals surface area contributed by atoms with E-state index in [9.17, 15) is 0 Å². The third-order valence-electron chi connectivity index (χ3n) is 4.64. The minimum atomic E-state index is 0.419. The number of nitrogens with one attached hydrogen (secondary N) is 2. The molecule has 2 aliphatic rings. The van der Waals surface area contributed by atoms with E-state index in [0.717, 1.165) is 24.1 Å². The summed E-state index contributed by atoms with van der Waals surface area (Å²) in [4.78, 5) is 8.78. The summed E-state index contributed by atoms with van der Waals surface area (Å²) in [6.45, 7) is 5.47. The molecule has 2 saturated carbocycles. The summed E-state index contributed by atoms with van der Waals surface area (Å²) < 4.78 is 0. The Kier molecular flexibility index (Phi) is 3.11. The lowest BCUT2D eigenvalue weighted by molar-refractivity contribution is 0.466. The average Bonchev–Trinajstić information content (AvgIpc) is 3.27. The van der Waals surface area contributed by atoms with Gasteiger partial charge < -0.3 is 10.6 Å². The SMILES string of the molecule is CNc1ncnc(NCC2(C3CC3)CC2)c1C(C)C. The van der Waals surface area contributed by atoms with Crippen molar-refractivity contribution in [3.05, 3.63) is 11.9 Å². The first-order valence-electron chi connectivity index (χ1n) is 7.43. The summed E-state index contributed by atoms with van der Waals surface area (Å²) in [6, 6.07) is 0. The van der Waals surface area contributed by atoms with E-state index in [4.69, 9.17) is 0 Å². The molecular weight excluding hydrogens is 236 g/mol. The van der Waals surface area contributed by atoms with Crippen LogP contribution < -0.4 is 10.6 Å². The molecule has 2 N–H and O–H groups in total. The summed E-state index contributed by atoms with van der Waals surface area (Å²) in [6.07, 6.45) is 7.31. The molecular formula is C15H24N4. The normalized spacial score (nSPS) is 20.4. The smallest absolute Gasteiger partial charge is 0.135 e. The molecule has 0 amide bonds. The summed E-state index contributed by atoms with van der Waals surface area (Å²) in [5.74, 6) is 3.36. The fraction of sp³-hybridized carbons (Fsp3) is 0.733. The van der Waals surface area contributed by atoms with Crippen molar-refractivity contribution in [1.82, 2.24) is 9.97 Å². The van der Waals surface area contributed by atoms with Gasteiger partial charge in [0.05, 0.1) is 0 Å². The van der Waals surface area contributed by atoms with Crippen LogP contribution in [0.3, 0.4) is 0 Å². The van der Waals surface area contributed by atoms with Crippen molar-refractivity contribution in [3.8, 4) is 0 Å². The van der Waals surface area contributed by atoms with Gasteiger partial charge in [-0.15, -0.1) is 0 Å². The van der Waals surface area contributed by atoms with E-state index in [1.807, 2.05) is 7.05 Å². The van der Waals surface area contributed by atoms with Crippen LogP contribution in [-0.4, -0.2) is 23.6 Å². The highest BCUT2D eigenvalue weighted by molar-refractivity contribution is 5.58. The van der Waals surface area contributed by atoms with Gasteiger partial charge in [-0.1, -0.05) is 13.8 Å². The van der Waals surface area contributed by atoms with Crippen LogP contribution in [0.15, 0.2) is 6.33 Å². The molecule has 0 atom stereocenters. The van der Waals surface area contributed by atoms with Gasteiger partial charge >= 0.3 is 0 Å².